The van der Waals surface area contributed by atoms with E-state index in [2.05, 4.69) is 4.98 Å². The van der Waals surface area contributed by atoms with Crippen LogP contribution in [0.15, 0.2) is 24.3 Å². The summed E-state index contributed by atoms with van der Waals surface area (Å²) in [4.78, 5) is 4.21. The van der Waals surface area contributed by atoms with E-state index in [9.17, 15) is 13.2 Å². The van der Waals surface area contributed by atoms with Crippen LogP contribution in [0.1, 0.15) is 25.2 Å². The van der Waals surface area contributed by atoms with Crippen LogP contribution in [0, 0.1) is 0 Å². The van der Waals surface area contributed by atoms with Gasteiger partial charge in [-0.15, -0.1) is 0 Å². The second-order valence-electron chi connectivity index (χ2n) is 4.17. The van der Waals surface area contributed by atoms with Gasteiger partial charge in [0, 0.05) is 0 Å². The second-order valence-corrected chi connectivity index (χ2v) is 4.17. The number of alkyl halides is 3. The molecule has 18 heavy (non-hydrogen) atoms. The van der Waals surface area contributed by atoms with E-state index in [1.165, 1.54) is 0 Å². The van der Waals surface area contributed by atoms with Gasteiger partial charge in [0.15, 0.2) is 0 Å². The van der Waals surface area contributed by atoms with E-state index in [4.69, 9.17) is 5.73 Å². The molecule has 98 valence electrons. The Morgan fingerprint density at radius 1 is 1.33 bits per heavy atom. The molecule has 1 aromatic heterocycles. The van der Waals surface area contributed by atoms with Crippen molar-refractivity contribution in [1.29, 1.82) is 0 Å². The Morgan fingerprint density at radius 2 is 2.00 bits per heavy atom. The maximum absolute atomic E-state index is 12.6. The highest BCUT2D eigenvalue weighted by Gasteiger charge is 2.31. The molecule has 0 aliphatic heterocycles. The Hall–Kier alpha value is -1.56. The number of fused-ring (bicyclic) bond motifs is 1. The quantitative estimate of drug-likeness (QED) is 0.918. The summed E-state index contributed by atoms with van der Waals surface area (Å²) in [6.07, 6.45) is -3.74. The number of aromatic nitrogens is 2. The highest BCUT2D eigenvalue weighted by atomic mass is 19.4. The lowest BCUT2D eigenvalue weighted by atomic mass is 10.2. The molecule has 2 aromatic rings. The predicted molar refractivity (Wildman–Crippen MR) is 63.0 cm³/mol. The molecule has 0 saturated heterocycles. The topological polar surface area (TPSA) is 43.8 Å². The largest absolute Gasteiger partial charge is 0.406 e. The molecule has 1 heterocycles. The van der Waals surface area contributed by atoms with Gasteiger partial charge in [0.1, 0.15) is 12.4 Å². The summed E-state index contributed by atoms with van der Waals surface area (Å²) >= 11 is 0. The first kappa shape index (κ1) is 12.9. The molecule has 6 heteroatoms. The third-order valence-electron chi connectivity index (χ3n) is 2.79. The fourth-order valence-electron chi connectivity index (χ4n) is 1.91. The molecule has 0 spiro atoms. The lowest BCUT2D eigenvalue weighted by Crippen LogP contribution is -2.23. The minimum absolute atomic E-state index is 0.288. The molecule has 0 aliphatic rings. The van der Waals surface area contributed by atoms with Crippen molar-refractivity contribution in [1.82, 2.24) is 9.55 Å². The number of nitrogens with zero attached hydrogens (tertiary/aromatic N) is 2. The van der Waals surface area contributed by atoms with Crippen molar-refractivity contribution in [3.63, 3.8) is 0 Å². The number of para-hydroxylation sites is 2. The lowest BCUT2D eigenvalue weighted by Gasteiger charge is -2.14. The van der Waals surface area contributed by atoms with Crippen molar-refractivity contribution in [3.05, 3.63) is 30.1 Å². The highest BCUT2D eigenvalue weighted by molar-refractivity contribution is 5.76. The van der Waals surface area contributed by atoms with Crippen molar-refractivity contribution in [2.24, 2.45) is 5.73 Å². The normalized spacial score (nSPS) is 14.1. The SMILES string of the molecule is CCC(N)c1nc2ccccc2n1CC(F)(F)F. The first-order valence-corrected chi connectivity index (χ1v) is 5.70. The molecule has 0 radical (unpaired) electrons. The number of rotatable bonds is 3. The Labute approximate surface area is 102 Å². The highest BCUT2D eigenvalue weighted by Crippen LogP contribution is 2.26. The Morgan fingerprint density at radius 3 is 2.61 bits per heavy atom. The maximum atomic E-state index is 12.6. The molecule has 1 unspecified atom stereocenters. The summed E-state index contributed by atoms with van der Waals surface area (Å²) in [5.41, 5.74) is 6.84. The molecular weight excluding hydrogens is 243 g/mol. The molecule has 2 rings (SSSR count). The van der Waals surface area contributed by atoms with Gasteiger partial charge in [-0.1, -0.05) is 19.1 Å². The van der Waals surface area contributed by atoms with Crippen LogP contribution in [0.3, 0.4) is 0 Å². The van der Waals surface area contributed by atoms with Crippen LogP contribution in [0.4, 0.5) is 13.2 Å². The first-order valence-electron chi connectivity index (χ1n) is 5.70. The molecule has 0 saturated carbocycles. The molecule has 1 aromatic carbocycles. The van der Waals surface area contributed by atoms with Crippen LogP contribution in [0.5, 0.6) is 0 Å². The van der Waals surface area contributed by atoms with Gasteiger partial charge in [-0.3, -0.25) is 0 Å². The van der Waals surface area contributed by atoms with Crippen molar-refractivity contribution in [2.45, 2.75) is 32.1 Å². The molecule has 0 bridgehead atoms. The number of hydrogen-bond donors (Lipinski definition) is 1. The molecule has 0 amide bonds. The van der Waals surface area contributed by atoms with Gasteiger partial charge in [-0.25, -0.2) is 4.98 Å². The van der Waals surface area contributed by atoms with Crippen LogP contribution in [0.2, 0.25) is 0 Å². The zero-order valence-electron chi connectivity index (χ0n) is 9.91. The minimum Gasteiger partial charge on any atom is -0.321 e. The number of halogens is 3. The van der Waals surface area contributed by atoms with Gasteiger partial charge in [-0.05, 0) is 18.6 Å². The van der Waals surface area contributed by atoms with Crippen LogP contribution in [0.25, 0.3) is 11.0 Å². The number of hydrogen-bond acceptors (Lipinski definition) is 2. The van der Waals surface area contributed by atoms with Crippen molar-refractivity contribution in [3.8, 4) is 0 Å². The zero-order valence-corrected chi connectivity index (χ0v) is 9.91. The van der Waals surface area contributed by atoms with Gasteiger partial charge in [0.2, 0.25) is 0 Å². The Kier molecular flexibility index (Phi) is 3.30. The zero-order chi connectivity index (χ0) is 13.3. The predicted octanol–water partition coefficient (Wildman–Crippen LogP) is 3.01. The van der Waals surface area contributed by atoms with Crippen LogP contribution in [-0.4, -0.2) is 15.7 Å². The van der Waals surface area contributed by atoms with Crippen LogP contribution in [-0.2, 0) is 6.54 Å². The summed E-state index contributed by atoms with van der Waals surface area (Å²) < 4.78 is 39.0. The molecule has 0 fully saturated rings. The minimum atomic E-state index is -4.29. The Balaban J connectivity index is 2.58. The van der Waals surface area contributed by atoms with E-state index in [0.29, 0.717) is 17.5 Å². The number of nitrogens with two attached hydrogens (primary N) is 1. The molecule has 3 nitrogen and oxygen atoms in total. The van der Waals surface area contributed by atoms with Crippen molar-refractivity contribution in [2.75, 3.05) is 0 Å². The summed E-state index contributed by atoms with van der Waals surface area (Å²) in [6, 6.07) is 6.26. The molecule has 0 aliphatic carbocycles. The monoisotopic (exact) mass is 257 g/mol. The van der Waals surface area contributed by atoms with Gasteiger partial charge in [0.05, 0.1) is 17.1 Å². The third kappa shape index (κ3) is 2.48. The van der Waals surface area contributed by atoms with Crippen LogP contribution < -0.4 is 5.73 Å². The third-order valence-corrected chi connectivity index (χ3v) is 2.79. The lowest BCUT2D eigenvalue weighted by molar-refractivity contribution is -0.140. The number of benzene rings is 1. The number of imidazole rings is 1. The summed E-state index contributed by atoms with van der Waals surface area (Å²) in [5.74, 6) is 0.288. The van der Waals surface area contributed by atoms with Crippen molar-refractivity contribution >= 4 is 11.0 Å². The molecule has 2 N–H and O–H groups in total. The average molecular weight is 257 g/mol. The Bertz CT molecular complexity index is 545. The van der Waals surface area contributed by atoms with E-state index in [1.807, 2.05) is 6.92 Å². The second kappa shape index (κ2) is 4.61. The molecule has 1 atom stereocenters. The van der Waals surface area contributed by atoms with Gasteiger partial charge >= 0.3 is 6.18 Å². The van der Waals surface area contributed by atoms with E-state index in [-0.39, 0.29) is 5.82 Å². The smallest absolute Gasteiger partial charge is 0.321 e. The average Bonchev–Trinajstić information content (AvgIpc) is 2.65. The fraction of sp³-hybridized carbons (Fsp3) is 0.417. The van der Waals surface area contributed by atoms with E-state index in [1.54, 1.807) is 24.3 Å². The van der Waals surface area contributed by atoms with E-state index in [0.717, 1.165) is 4.57 Å². The van der Waals surface area contributed by atoms with Gasteiger partial charge < -0.3 is 10.3 Å². The van der Waals surface area contributed by atoms with E-state index < -0.39 is 18.8 Å². The summed E-state index contributed by atoms with van der Waals surface area (Å²) in [5, 5.41) is 0. The first-order chi connectivity index (χ1) is 8.42. The van der Waals surface area contributed by atoms with E-state index >= 15 is 0 Å². The summed E-state index contributed by atoms with van der Waals surface area (Å²) in [7, 11) is 0. The van der Waals surface area contributed by atoms with Crippen molar-refractivity contribution < 1.29 is 13.2 Å². The fourth-order valence-corrected chi connectivity index (χ4v) is 1.91. The van der Waals surface area contributed by atoms with Crippen LogP contribution >= 0.6 is 0 Å². The standard InChI is InChI=1S/C12H14F3N3/c1-2-8(16)11-17-9-5-3-4-6-10(9)18(11)7-12(13,14)15/h3-6,8H,2,7,16H2,1H3. The maximum Gasteiger partial charge on any atom is 0.406 e. The van der Waals surface area contributed by atoms with Gasteiger partial charge in [0.25, 0.3) is 0 Å². The molecular formula is C12H14F3N3. The van der Waals surface area contributed by atoms with Gasteiger partial charge in [-0.2, -0.15) is 13.2 Å². The summed E-state index contributed by atoms with van der Waals surface area (Å²) in [6.45, 7) is 0.762.